The number of nitrogens with zero attached hydrogens (tertiary/aromatic N) is 1. The minimum atomic E-state index is -0.936. The minimum absolute atomic E-state index is 0.169. The van der Waals surface area contributed by atoms with Crippen LogP contribution in [0.25, 0.3) is 0 Å². The molecule has 1 aliphatic heterocycles. The van der Waals surface area contributed by atoms with Gasteiger partial charge in [0.1, 0.15) is 17.5 Å². The molecule has 0 unspecified atom stereocenters. The zero-order valence-electron chi connectivity index (χ0n) is 12.3. The molecule has 0 bridgehead atoms. The number of aliphatic hydroxyl groups is 1. The number of rotatable bonds is 4. The van der Waals surface area contributed by atoms with Crippen molar-refractivity contribution >= 4 is 0 Å². The molecular formula is C15H21F3N2O. The average molecular weight is 302 g/mol. The van der Waals surface area contributed by atoms with Crippen LogP contribution in [0.3, 0.4) is 0 Å². The Labute approximate surface area is 122 Å². The summed E-state index contributed by atoms with van der Waals surface area (Å²) in [4.78, 5) is 1.94. The summed E-state index contributed by atoms with van der Waals surface area (Å²) < 4.78 is 41.5. The van der Waals surface area contributed by atoms with Crippen LogP contribution in [0.2, 0.25) is 0 Å². The highest BCUT2D eigenvalue weighted by molar-refractivity contribution is 5.26. The lowest BCUT2D eigenvalue weighted by Crippen LogP contribution is -2.50. The van der Waals surface area contributed by atoms with Crippen LogP contribution < -0.4 is 5.32 Å². The van der Waals surface area contributed by atoms with E-state index in [0.717, 1.165) is 0 Å². The summed E-state index contributed by atoms with van der Waals surface area (Å²) in [5, 5.41) is 12.8. The monoisotopic (exact) mass is 302 g/mol. The highest BCUT2D eigenvalue weighted by atomic mass is 19.1. The third-order valence-electron chi connectivity index (χ3n) is 3.98. The maximum atomic E-state index is 14.2. The van der Waals surface area contributed by atoms with Crippen molar-refractivity contribution in [2.45, 2.75) is 19.9 Å². The minimum Gasteiger partial charge on any atom is -0.396 e. The molecule has 1 aromatic rings. The van der Waals surface area contributed by atoms with E-state index < -0.39 is 28.9 Å². The summed E-state index contributed by atoms with van der Waals surface area (Å²) >= 11 is 0. The number of benzene rings is 1. The Morgan fingerprint density at radius 2 is 1.71 bits per heavy atom. The standard InChI is InChI=1S/C15H21F3N2O/c1-15(2,9-21)14(20-5-3-19-4-6-20)13-11(17)7-10(16)8-12(13)18/h7-8,14,19,21H,3-6,9H2,1-2H3/t14-/m1/s1. The van der Waals surface area contributed by atoms with Crippen molar-refractivity contribution in [1.29, 1.82) is 0 Å². The molecule has 1 atom stereocenters. The zero-order valence-corrected chi connectivity index (χ0v) is 12.3. The second kappa shape index (κ2) is 6.34. The average Bonchev–Trinajstić information content (AvgIpc) is 2.43. The van der Waals surface area contributed by atoms with Gasteiger partial charge in [0.05, 0.1) is 0 Å². The maximum absolute atomic E-state index is 14.2. The van der Waals surface area contributed by atoms with E-state index in [0.29, 0.717) is 38.3 Å². The molecule has 2 rings (SSSR count). The fourth-order valence-corrected chi connectivity index (χ4v) is 2.91. The fraction of sp³-hybridized carbons (Fsp3) is 0.600. The first-order valence-electron chi connectivity index (χ1n) is 7.07. The van der Waals surface area contributed by atoms with Crippen molar-refractivity contribution in [3.63, 3.8) is 0 Å². The molecule has 6 heteroatoms. The van der Waals surface area contributed by atoms with E-state index in [-0.39, 0.29) is 12.2 Å². The number of hydrogen-bond acceptors (Lipinski definition) is 3. The molecule has 21 heavy (non-hydrogen) atoms. The highest BCUT2D eigenvalue weighted by Crippen LogP contribution is 2.40. The van der Waals surface area contributed by atoms with Crippen LogP contribution in [-0.4, -0.2) is 42.8 Å². The summed E-state index contributed by atoms with van der Waals surface area (Å²) in [7, 11) is 0. The Hall–Kier alpha value is -1.11. The number of piperazine rings is 1. The van der Waals surface area contributed by atoms with Gasteiger partial charge in [-0.1, -0.05) is 13.8 Å². The van der Waals surface area contributed by atoms with Gasteiger partial charge in [-0.3, -0.25) is 4.90 Å². The Bertz CT molecular complexity index is 479. The summed E-state index contributed by atoms with van der Waals surface area (Å²) in [6.45, 7) is 5.93. The van der Waals surface area contributed by atoms with Crippen molar-refractivity contribution in [2.75, 3.05) is 32.8 Å². The first kappa shape index (κ1) is 16.3. The topological polar surface area (TPSA) is 35.5 Å². The van der Waals surface area contributed by atoms with Crippen LogP contribution in [0.1, 0.15) is 25.5 Å². The second-order valence-electron chi connectivity index (χ2n) is 6.12. The number of nitrogens with one attached hydrogen (secondary N) is 1. The Morgan fingerprint density at radius 3 is 2.19 bits per heavy atom. The fourth-order valence-electron chi connectivity index (χ4n) is 2.91. The number of hydrogen-bond donors (Lipinski definition) is 2. The van der Waals surface area contributed by atoms with Crippen molar-refractivity contribution in [1.82, 2.24) is 10.2 Å². The highest BCUT2D eigenvalue weighted by Gasteiger charge is 2.39. The normalized spacial score (nSPS) is 18.8. The zero-order chi connectivity index (χ0) is 15.6. The molecule has 1 heterocycles. The largest absolute Gasteiger partial charge is 0.396 e. The molecule has 0 amide bonds. The van der Waals surface area contributed by atoms with Gasteiger partial charge in [0.15, 0.2) is 0 Å². The quantitative estimate of drug-likeness (QED) is 0.894. The third-order valence-corrected chi connectivity index (χ3v) is 3.98. The second-order valence-corrected chi connectivity index (χ2v) is 6.12. The Morgan fingerprint density at radius 1 is 1.19 bits per heavy atom. The smallest absolute Gasteiger partial charge is 0.133 e. The van der Waals surface area contributed by atoms with Crippen molar-refractivity contribution in [3.05, 3.63) is 35.1 Å². The third kappa shape index (κ3) is 3.39. The van der Waals surface area contributed by atoms with Crippen molar-refractivity contribution in [3.8, 4) is 0 Å². The summed E-state index contributed by atoms with van der Waals surface area (Å²) in [5.74, 6) is -2.75. The van der Waals surface area contributed by atoms with Crippen molar-refractivity contribution in [2.24, 2.45) is 5.41 Å². The molecule has 1 aliphatic rings. The number of aliphatic hydroxyl groups excluding tert-OH is 1. The first-order valence-corrected chi connectivity index (χ1v) is 7.07. The molecular weight excluding hydrogens is 281 g/mol. The van der Waals surface area contributed by atoms with E-state index in [2.05, 4.69) is 5.32 Å². The summed E-state index contributed by atoms with van der Waals surface area (Å²) in [5.41, 5.74) is -0.922. The van der Waals surface area contributed by atoms with E-state index in [1.165, 1.54) is 0 Å². The maximum Gasteiger partial charge on any atom is 0.133 e. The van der Waals surface area contributed by atoms with Gasteiger partial charge >= 0.3 is 0 Å². The Balaban J connectivity index is 2.49. The van der Waals surface area contributed by atoms with E-state index in [1.54, 1.807) is 13.8 Å². The summed E-state index contributed by atoms with van der Waals surface area (Å²) in [6, 6.07) is 0.743. The lowest BCUT2D eigenvalue weighted by atomic mass is 9.79. The van der Waals surface area contributed by atoms with Crippen LogP contribution in [0.5, 0.6) is 0 Å². The predicted molar refractivity (Wildman–Crippen MR) is 74.4 cm³/mol. The van der Waals surface area contributed by atoms with Crippen LogP contribution in [-0.2, 0) is 0 Å². The molecule has 3 nitrogen and oxygen atoms in total. The summed E-state index contributed by atoms with van der Waals surface area (Å²) in [6.07, 6.45) is 0. The molecule has 0 spiro atoms. The molecule has 1 saturated heterocycles. The van der Waals surface area contributed by atoms with Gasteiger partial charge in [0.2, 0.25) is 0 Å². The molecule has 1 fully saturated rings. The van der Waals surface area contributed by atoms with Gasteiger partial charge in [-0.05, 0) is 0 Å². The molecule has 0 radical (unpaired) electrons. The number of halogens is 3. The molecule has 2 N–H and O–H groups in total. The predicted octanol–water partition coefficient (Wildman–Crippen LogP) is 2.07. The lowest BCUT2D eigenvalue weighted by molar-refractivity contribution is 0.0265. The van der Waals surface area contributed by atoms with Crippen LogP contribution in [0.4, 0.5) is 13.2 Å². The molecule has 0 aromatic heterocycles. The van der Waals surface area contributed by atoms with Gasteiger partial charge in [-0.25, -0.2) is 13.2 Å². The van der Waals surface area contributed by atoms with Gasteiger partial charge in [-0.15, -0.1) is 0 Å². The van der Waals surface area contributed by atoms with Gasteiger partial charge < -0.3 is 10.4 Å². The molecule has 0 saturated carbocycles. The van der Waals surface area contributed by atoms with Gasteiger partial charge in [0, 0.05) is 61.9 Å². The first-order chi connectivity index (χ1) is 9.86. The van der Waals surface area contributed by atoms with Crippen molar-refractivity contribution < 1.29 is 18.3 Å². The Kier molecular flexibility index (Phi) is 4.91. The van der Waals surface area contributed by atoms with E-state index >= 15 is 0 Å². The van der Waals surface area contributed by atoms with E-state index in [1.807, 2.05) is 4.90 Å². The van der Waals surface area contributed by atoms with E-state index in [4.69, 9.17) is 0 Å². The van der Waals surface area contributed by atoms with Crippen LogP contribution >= 0.6 is 0 Å². The van der Waals surface area contributed by atoms with Crippen LogP contribution in [0, 0.1) is 22.9 Å². The van der Waals surface area contributed by atoms with Gasteiger partial charge in [0.25, 0.3) is 0 Å². The molecule has 118 valence electrons. The SMILES string of the molecule is CC(C)(CO)[C@@H](c1c(F)cc(F)cc1F)N1CCNCC1. The van der Waals surface area contributed by atoms with E-state index in [9.17, 15) is 18.3 Å². The van der Waals surface area contributed by atoms with Gasteiger partial charge in [-0.2, -0.15) is 0 Å². The molecule has 0 aliphatic carbocycles. The van der Waals surface area contributed by atoms with Crippen LogP contribution in [0.15, 0.2) is 12.1 Å². The molecule has 1 aromatic carbocycles. The lowest BCUT2D eigenvalue weighted by Gasteiger charge is -2.43.